The lowest BCUT2D eigenvalue weighted by Gasteiger charge is -2.13. The molecule has 3 heteroatoms. The monoisotopic (exact) mass is 369 g/mol. The summed E-state index contributed by atoms with van der Waals surface area (Å²) < 4.78 is 2.32. The first kappa shape index (κ1) is 15.0. The maximum Gasteiger partial charge on any atom is 0.145 e. The van der Waals surface area contributed by atoms with Crippen molar-refractivity contribution in [1.82, 2.24) is 14.4 Å². The minimum absolute atomic E-state index is 0.971. The zero-order chi connectivity index (χ0) is 18.9. The molecule has 0 spiro atoms. The molecule has 29 heavy (non-hydrogen) atoms. The first-order valence-corrected chi connectivity index (χ1v) is 9.78. The highest BCUT2D eigenvalue weighted by molar-refractivity contribution is 6.23. The van der Waals surface area contributed by atoms with E-state index in [0.717, 1.165) is 38.8 Å². The van der Waals surface area contributed by atoms with E-state index >= 15 is 0 Å². The van der Waals surface area contributed by atoms with Crippen molar-refractivity contribution in [2.75, 3.05) is 0 Å². The Morgan fingerprint density at radius 3 is 2.34 bits per heavy atom. The second-order valence-corrected chi connectivity index (χ2v) is 7.54. The fourth-order valence-electron chi connectivity index (χ4n) is 4.65. The molecule has 3 aromatic heterocycles. The lowest BCUT2D eigenvalue weighted by molar-refractivity contribution is 1.23. The summed E-state index contributed by atoms with van der Waals surface area (Å²) in [6.07, 6.45) is 1.91. The fraction of sp³-hybridized carbons (Fsp3) is 0. The van der Waals surface area contributed by atoms with E-state index in [2.05, 4.69) is 83.3 Å². The number of rotatable bonds is 1. The van der Waals surface area contributed by atoms with Crippen LogP contribution in [0.4, 0.5) is 0 Å². The highest BCUT2D eigenvalue weighted by atomic mass is 15.0. The van der Waals surface area contributed by atoms with Gasteiger partial charge in [0, 0.05) is 22.5 Å². The van der Waals surface area contributed by atoms with Crippen LogP contribution in [0.1, 0.15) is 0 Å². The van der Waals surface area contributed by atoms with Crippen molar-refractivity contribution in [1.29, 1.82) is 0 Å². The standard InChI is InChI=1S/C26H15N3/c1-2-6-17(7-3-1)26-28-21-11-10-16-12-13-27-24-20-14-18-8-4-5-9-19(18)15-22(20)29(26)25(21)23(16)24/h1-15H. The summed E-state index contributed by atoms with van der Waals surface area (Å²) in [5, 5.41) is 5.98. The largest absolute Gasteiger partial charge is 0.291 e. The SMILES string of the molecule is c1ccc(-c2nc3ccc4ccnc5c6cc7ccccc7cc6n2c3c45)cc1. The minimum atomic E-state index is 0.971. The molecule has 3 nitrogen and oxygen atoms in total. The molecule has 0 bridgehead atoms. The summed E-state index contributed by atoms with van der Waals surface area (Å²) in [6.45, 7) is 0. The van der Waals surface area contributed by atoms with E-state index in [0.29, 0.717) is 0 Å². The van der Waals surface area contributed by atoms with Gasteiger partial charge in [-0.25, -0.2) is 4.98 Å². The molecule has 4 aromatic carbocycles. The van der Waals surface area contributed by atoms with Crippen molar-refractivity contribution in [2.45, 2.75) is 0 Å². The molecule has 7 rings (SSSR count). The number of benzene rings is 4. The van der Waals surface area contributed by atoms with E-state index in [1.807, 2.05) is 12.3 Å². The van der Waals surface area contributed by atoms with Crippen LogP contribution in [0.2, 0.25) is 0 Å². The van der Waals surface area contributed by atoms with Crippen molar-refractivity contribution >= 4 is 49.0 Å². The molecule has 0 N–H and O–H groups in total. The average Bonchev–Trinajstić information content (AvgIpc) is 3.18. The van der Waals surface area contributed by atoms with E-state index in [4.69, 9.17) is 9.97 Å². The van der Waals surface area contributed by atoms with Gasteiger partial charge in [0.25, 0.3) is 0 Å². The predicted molar refractivity (Wildman–Crippen MR) is 120 cm³/mol. The zero-order valence-electron chi connectivity index (χ0n) is 15.5. The van der Waals surface area contributed by atoms with Crippen LogP contribution in [0.25, 0.3) is 60.4 Å². The Kier molecular flexibility index (Phi) is 2.74. The average molecular weight is 369 g/mol. The second-order valence-electron chi connectivity index (χ2n) is 7.54. The first-order valence-electron chi connectivity index (χ1n) is 9.78. The fourth-order valence-corrected chi connectivity index (χ4v) is 4.65. The van der Waals surface area contributed by atoms with Crippen molar-refractivity contribution in [3.63, 3.8) is 0 Å². The van der Waals surface area contributed by atoms with Crippen molar-refractivity contribution < 1.29 is 0 Å². The molecule has 0 aliphatic carbocycles. The summed E-state index contributed by atoms with van der Waals surface area (Å²) in [7, 11) is 0. The van der Waals surface area contributed by atoms with Crippen LogP contribution in [-0.4, -0.2) is 14.4 Å². The van der Waals surface area contributed by atoms with Gasteiger partial charge in [0.15, 0.2) is 0 Å². The lowest BCUT2D eigenvalue weighted by atomic mass is 10.0. The third kappa shape index (κ3) is 1.91. The van der Waals surface area contributed by atoms with Gasteiger partial charge in [-0.15, -0.1) is 0 Å². The smallest absolute Gasteiger partial charge is 0.145 e. The maximum atomic E-state index is 5.05. The summed E-state index contributed by atoms with van der Waals surface area (Å²) in [4.78, 5) is 9.86. The van der Waals surface area contributed by atoms with E-state index in [1.165, 1.54) is 21.5 Å². The van der Waals surface area contributed by atoms with Gasteiger partial charge in [0.2, 0.25) is 0 Å². The Hall–Kier alpha value is -3.98. The number of aromatic nitrogens is 3. The third-order valence-electron chi connectivity index (χ3n) is 5.94. The summed E-state index contributed by atoms with van der Waals surface area (Å²) in [6, 6.07) is 29.8. The van der Waals surface area contributed by atoms with Crippen LogP contribution in [0.3, 0.4) is 0 Å². The Morgan fingerprint density at radius 2 is 1.48 bits per heavy atom. The third-order valence-corrected chi connectivity index (χ3v) is 5.94. The number of fused-ring (bicyclic) bond motifs is 4. The van der Waals surface area contributed by atoms with Crippen molar-refractivity contribution in [2.24, 2.45) is 0 Å². The van der Waals surface area contributed by atoms with Gasteiger partial charge in [-0.2, -0.15) is 0 Å². The first-order chi connectivity index (χ1) is 14.4. The highest BCUT2D eigenvalue weighted by Gasteiger charge is 2.19. The van der Waals surface area contributed by atoms with Crippen molar-refractivity contribution in [3.8, 4) is 11.4 Å². The van der Waals surface area contributed by atoms with E-state index < -0.39 is 0 Å². The van der Waals surface area contributed by atoms with Crippen LogP contribution in [0.5, 0.6) is 0 Å². The highest BCUT2D eigenvalue weighted by Crippen LogP contribution is 2.39. The van der Waals surface area contributed by atoms with Gasteiger partial charge in [0.05, 0.1) is 22.1 Å². The molecule has 7 aromatic rings. The normalized spacial score (nSPS) is 12.1. The number of pyridine rings is 2. The molecule has 0 atom stereocenters. The predicted octanol–water partition coefficient (Wildman–Crippen LogP) is 6.45. The molecule has 0 aliphatic rings. The molecular formula is C26H15N3. The minimum Gasteiger partial charge on any atom is -0.291 e. The van der Waals surface area contributed by atoms with Crippen LogP contribution in [0.15, 0.2) is 91.1 Å². The van der Waals surface area contributed by atoms with Gasteiger partial charge in [-0.1, -0.05) is 60.7 Å². The Labute approximate surface area is 166 Å². The van der Waals surface area contributed by atoms with Gasteiger partial charge < -0.3 is 0 Å². The molecule has 0 amide bonds. The summed E-state index contributed by atoms with van der Waals surface area (Å²) in [5.74, 6) is 0.971. The van der Waals surface area contributed by atoms with E-state index in [-0.39, 0.29) is 0 Å². The number of hydrogen-bond donors (Lipinski definition) is 0. The van der Waals surface area contributed by atoms with Crippen molar-refractivity contribution in [3.05, 3.63) is 91.1 Å². The second kappa shape index (κ2) is 5.30. The molecule has 0 saturated carbocycles. The van der Waals surface area contributed by atoms with Gasteiger partial charge in [0.1, 0.15) is 5.82 Å². The molecule has 0 saturated heterocycles. The molecule has 0 unspecified atom stereocenters. The molecule has 3 heterocycles. The molecule has 134 valence electrons. The Bertz CT molecular complexity index is 1690. The molecule has 0 radical (unpaired) electrons. The number of nitrogens with zero attached hydrogens (tertiary/aromatic N) is 3. The van der Waals surface area contributed by atoms with E-state index in [1.54, 1.807) is 0 Å². The molecule has 0 fully saturated rings. The summed E-state index contributed by atoms with van der Waals surface area (Å²) in [5.41, 5.74) is 5.45. The lowest BCUT2D eigenvalue weighted by Crippen LogP contribution is -1.96. The molecule has 0 aliphatic heterocycles. The van der Waals surface area contributed by atoms with E-state index in [9.17, 15) is 0 Å². The van der Waals surface area contributed by atoms with Gasteiger partial charge >= 0.3 is 0 Å². The number of imidazole rings is 1. The quantitative estimate of drug-likeness (QED) is 0.246. The topological polar surface area (TPSA) is 30.2 Å². The summed E-state index contributed by atoms with van der Waals surface area (Å²) >= 11 is 0. The van der Waals surface area contributed by atoms with Crippen LogP contribution >= 0.6 is 0 Å². The van der Waals surface area contributed by atoms with Crippen LogP contribution in [-0.2, 0) is 0 Å². The van der Waals surface area contributed by atoms with Gasteiger partial charge in [-0.05, 0) is 40.4 Å². The Balaban J connectivity index is 1.84. The van der Waals surface area contributed by atoms with Gasteiger partial charge in [-0.3, -0.25) is 9.38 Å². The number of hydrogen-bond acceptors (Lipinski definition) is 2. The molecular weight excluding hydrogens is 354 g/mol. The zero-order valence-corrected chi connectivity index (χ0v) is 15.5. The van der Waals surface area contributed by atoms with Crippen LogP contribution in [0, 0.1) is 0 Å². The Morgan fingerprint density at radius 1 is 0.690 bits per heavy atom. The maximum absolute atomic E-state index is 5.05. The van der Waals surface area contributed by atoms with Crippen LogP contribution < -0.4 is 0 Å².